The summed E-state index contributed by atoms with van der Waals surface area (Å²) in [5.74, 6) is 0. The van der Waals surface area contributed by atoms with Crippen LogP contribution in [0.3, 0.4) is 0 Å². The molecule has 0 radical (unpaired) electrons. The maximum atomic E-state index is 12.8. The van der Waals surface area contributed by atoms with Crippen LogP contribution in [0.1, 0.15) is 0 Å². The van der Waals surface area contributed by atoms with E-state index < -0.39 is 49.9 Å². The minimum Gasteiger partial charge on any atom is -0.394 e. The summed E-state index contributed by atoms with van der Waals surface area (Å²) in [7, 11) is 0. The third-order valence-corrected chi connectivity index (χ3v) is 1.92. The zero-order chi connectivity index (χ0) is 20.5. The first-order valence-electron chi connectivity index (χ1n) is 5.37. The van der Waals surface area contributed by atoms with Gasteiger partial charge in [0.25, 0.3) is 0 Å². The van der Waals surface area contributed by atoms with Crippen LogP contribution in [-0.2, 0) is 14.2 Å². The summed E-state index contributed by atoms with van der Waals surface area (Å²) in [6.07, 6.45) is -40.1. The van der Waals surface area contributed by atoms with Gasteiger partial charge in [-0.05, 0) is 0 Å². The zero-order valence-electron chi connectivity index (χ0n) is 11.1. The van der Waals surface area contributed by atoms with Crippen molar-refractivity contribution in [2.24, 2.45) is 0 Å². The summed E-state index contributed by atoms with van der Waals surface area (Å²) in [4.78, 5) is 0. The quantitative estimate of drug-likeness (QED) is 0.542. The number of hydrogen-bond donors (Lipinski definition) is 2. The van der Waals surface area contributed by atoms with Crippen LogP contribution in [0.5, 0.6) is 0 Å². The van der Waals surface area contributed by atoms with Gasteiger partial charge in [-0.3, -0.25) is 0 Å². The Labute approximate surface area is 128 Å². The van der Waals surface area contributed by atoms with Gasteiger partial charge in [-0.25, -0.2) is 9.47 Å². The summed E-state index contributed by atoms with van der Waals surface area (Å²) in [6.45, 7) is -2.99. The molecular weight excluding hydrogens is 404 g/mol. The number of hydrogen-bond acceptors (Lipinski definition) is 5. The van der Waals surface area contributed by atoms with Crippen molar-refractivity contribution in [1.29, 1.82) is 0 Å². The third kappa shape index (κ3) is 5.47. The predicted octanol–water partition coefficient (Wildman–Crippen LogP) is 2.58. The van der Waals surface area contributed by atoms with Gasteiger partial charge >= 0.3 is 36.7 Å². The molecule has 0 aliphatic heterocycles. The Bertz CT molecular complexity index is 447. The van der Waals surface area contributed by atoms with Crippen molar-refractivity contribution in [2.75, 3.05) is 13.2 Å². The van der Waals surface area contributed by atoms with Crippen molar-refractivity contribution in [1.82, 2.24) is 0 Å². The van der Waals surface area contributed by atoms with Crippen LogP contribution in [0.4, 0.5) is 52.7 Å². The van der Waals surface area contributed by atoms with Crippen molar-refractivity contribution < 1.29 is 77.1 Å². The minimum absolute atomic E-state index is 1.36. The maximum absolute atomic E-state index is 12.8. The second-order valence-electron chi connectivity index (χ2n) is 3.90. The van der Waals surface area contributed by atoms with Crippen molar-refractivity contribution in [3.05, 3.63) is 0 Å². The second-order valence-corrected chi connectivity index (χ2v) is 3.90. The molecule has 152 valence electrons. The first-order chi connectivity index (χ1) is 10.7. The summed E-state index contributed by atoms with van der Waals surface area (Å²) in [6, 6.07) is 0. The molecule has 0 heterocycles. The first-order valence-corrected chi connectivity index (χ1v) is 5.37. The van der Waals surface area contributed by atoms with E-state index in [1.165, 1.54) is 0 Å². The second kappa shape index (κ2) is 6.93. The van der Waals surface area contributed by atoms with E-state index in [0.29, 0.717) is 0 Å². The van der Waals surface area contributed by atoms with Gasteiger partial charge in [0, 0.05) is 0 Å². The molecule has 17 heteroatoms. The highest BCUT2D eigenvalue weighted by Gasteiger charge is 2.75. The molecule has 5 nitrogen and oxygen atoms in total. The molecule has 0 aromatic carbocycles. The van der Waals surface area contributed by atoms with Crippen LogP contribution >= 0.6 is 0 Å². The van der Waals surface area contributed by atoms with Gasteiger partial charge in [0.2, 0.25) is 0 Å². The number of halogens is 12. The van der Waals surface area contributed by atoms with Gasteiger partial charge in [-0.1, -0.05) is 0 Å². The Morgan fingerprint density at radius 2 is 0.880 bits per heavy atom. The Morgan fingerprint density at radius 1 is 0.560 bits per heavy atom. The van der Waals surface area contributed by atoms with Gasteiger partial charge in [-0.2, -0.15) is 52.7 Å². The van der Waals surface area contributed by atoms with Crippen LogP contribution in [0, 0.1) is 0 Å². The number of aliphatic hydroxyl groups is 2. The lowest BCUT2D eigenvalue weighted by Crippen LogP contribution is -2.58. The Balaban J connectivity index is 5.47. The predicted molar refractivity (Wildman–Crippen MR) is 47.1 cm³/mol. The van der Waals surface area contributed by atoms with Gasteiger partial charge in [0.1, 0.15) is 0 Å². The number of rotatable bonds is 10. The lowest BCUT2D eigenvalue weighted by atomic mass is 10.5. The van der Waals surface area contributed by atoms with Crippen molar-refractivity contribution in [3.63, 3.8) is 0 Å². The minimum atomic E-state index is -7.06. The molecule has 2 N–H and O–H groups in total. The van der Waals surface area contributed by atoms with Crippen LogP contribution in [0.2, 0.25) is 0 Å². The van der Waals surface area contributed by atoms with E-state index in [1.807, 2.05) is 0 Å². The lowest BCUT2D eigenvalue weighted by Gasteiger charge is -2.33. The molecule has 0 unspecified atom stereocenters. The highest BCUT2D eigenvalue weighted by atomic mass is 19.4. The van der Waals surface area contributed by atoms with Crippen molar-refractivity contribution in [3.8, 4) is 0 Å². The normalized spacial score (nSPS) is 15.6. The molecule has 0 rings (SSSR count). The molecule has 0 aliphatic carbocycles. The summed E-state index contributed by atoms with van der Waals surface area (Å²) < 4.78 is 156. The number of aliphatic hydroxyl groups excluding tert-OH is 1. The molecule has 0 amide bonds. The molecule has 0 aromatic heterocycles. The van der Waals surface area contributed by atoms with E-state index in [4.69, 9.17) is 10.2 Å². The van der Waals surface area contributed by atoms with Crippen molar-refractivity contribution in [2.45, 2.75) is 36.7 Å². The smallest absolute Gasteiger partial charge is 0.394 e. The first kappa shape index (κ1) is 24.0. The molecule has 0 aromatic rings. The van der Waals surface area contributed by atoms with Crippen LogP contribution < -0.4 is 0 Å². The fourth-order valence-corrected chi connectivity index (χ4v) is 0.819. The average Bonchev–Trinajstić information content (AvgIpc) is 2.31. The zero-order valence-corrected chi connectivity index (χ0v) is 11.1. The molecule has 0 saturated carbocycles. The topological polar surface area (TPSA) is 68.2 Å². The van der Waals surface area contributed by atoms with E-state index in [-0.39, 0.29) is 0 Å². The molecule has 0 fully saturated rings. The molecule has 25 heavy (non-hydrogen) atoms. The molecule has 0 spiro atoms. The highest BCUT2D eigenvalue weighted by molar-refractivity contribution is 4.77. The van der Waals surface area contributed by atoms with Crippen LogP contribution in [0.25, 0.3) is 0 Å². The van der Waals surface area contributed by atoms with Gasteiger partial charge in [-0.15, -0.1) is 0 Å². The van der Waals surface area contributed by atoms with E-state index in [0.717, 1.165) is 0 Å². The largest absolute Gasteiger partial charge is 0.453 e. The van der Waals surface area contributed by atoms with Crippen LogP contribution in [-0.4, -0.2) is 60.1 Å². The highest BCUT2D eigenvalue weighted by Crippen LogP contribution is 2.48. The van der Waals surface area contributed by atoms with E-state index in [9.17, 15) is 52.7 Å². The SMILES string of the molecule is OCCOC(F)(F)C(F)(F)OC(F)(F)C(F)(F)OC(F)(F)C(O)(F)F. The monoisotopic (exact) mass is 410 g/mol. The fourth-order valence-electron chi connectivity index (χ4n) is 0.819. The summed E-state index contributed by atoms with van der Waals surface area (Å²) >= 11 is 0. The molecule has 0 saturated heterocycles. The number of ether oxygens (including phenoxy) is 3. The van der Waals surface area contributed by atoms with Gasteiger partial charge < -0.3 is 14.9 Å². The third-order valence-electron chi connectivity index (χ3n) is 1.92. The Kier molecular flexibility index (Phi) is 6.65. The lowest BCUT2D eigenvalue weighted by molar-refractivity contribution is -0.562. The van der Waals surface area contributed by atoms with Gasteiger partial charge in [0.15, 0.2) is 0 Å². The molecule has 0 bridgehead atoms. The van der Waals surface area contributed by atoms with E-state index in [2.05, 4.69) is 4.74 Å². The summed E-state index contributed by atoms with van der Waals surface area (Å²) in [5.41, 5.74) is 0. The fraction of sp³-hybridized carbons (Fsp3) is 1.00. The van der Waals surface area contributed by atoms with Crippen molar-refractivity contribution >= 4 is 0 Å². The Hall–Kier alpha value is -1.04. The summed E-state index contributed by atoms with van der Waals surface area (Å²) in [5, 5.41) is 15.5. The standard InChI is InChI=1S/C8H6F12O5/c9-3(10,22)4(11,12)24-7(17,18)8(19,20)25-6(15,16)5(13,14)23-2-1-21/h21-22H,1-2H2. The average molecular weight is 410 g/mol. The maximum Gasteiger partial charge on any atom is 0.453 e. The molecule has 0 aliphatic rings. The molecular formula is C8H6F12O5. The molecule has 0 atom stereocenters. The number of alkyl halides is 12. The van der Waals surface area contributed by atoms with E-state index in [1.54, 1.807) is 9.47 Å². The van der Waals surface area contributed by atoms with E-state index >= 15 is 0 Å². The Morgan fingerprint density at radius 3 is 1.20 bits per heavy atom. The van der Waals surface area contributed by atoms with Gasteiger partial charge in [0.05, 0.1) is 13.2 Å². The van der Waals surface area contributed by atoms with Crippen LogP contribution in [0.15, 0.2) is 0 Å².